The maximum absolute atomic E-state index is 12.3. The average Bonchev–Trinajstić information content (AvgIpc) is 2.55. The Bertz CT molecular complexity index is 329. The van der Waals surface area contributed by atoms with Gasteiger partial charge >= 0.3 is 6.03 Å². The van der Waals surface area contributed by atoms with Crippen molar-refractivity contribution >= 4 is 24.6 Å². The number of urea groups is 1. The minimum Gasteiger partial charge on any atom is -0.381 e. The summed E-state index contributed by atoms with van der Waals surface area (Å²) in [6.45, 7) is 3.48. The van der Waals surface area contributed by atoms with Gasteiger partial charge in [0.1, 0.15) is 5.54 Å². The topological polar surface area (TPSA) is 58.6 Å². The Balaban J connectivity index is 2.10. The molecule has 96 valence electrons. The number of amides is 3. The van der Waals surface area contributed by atoms with E-state index in [-0.39, 0.29) is 17.9 Å². The smallest absolute Gasteiger partial charge is 0.325 e. The van der Waals surface area contributed by atoms with E-state index in [0.717, 1.165) is 0 Å². The molecule has 1 atom stereocenters. The zero-order valence-electron chi connectivity index (χ0n) is 9.94. The van der Waals surface area contributed by atoms with E-state index in [0.29, 0.717) is 38.4 Å². The van der Waals surface area contributed by atoms with Crippen LogP contribution in [0.15, 0.2) is 0 Å². The van der Waals surface area contributed by atoms with Gasteiger partial charge in [-0.05, 0) is 11.7 Å². The van der Waals surface area contributed by atoms with Gasteiger partial charge in [-0.25, -0.2) is 4.79 Å². The van der Waals surface area contributed by atoms with Crippen LogP contribution in [-0.4, -0.2) is 47.9 Å². The number of hydrogen-bond donors (Lipinski definition) is 2. The summed E-state index contributed by atoms with van der Waals surface area (Å²) >= 11 is 4.18. The molecule has 2 aliphatic rings. The van der Waals surface area contributed by atoms with Gasteiger partial charge in [0.15, 0.2) is 0 Å². The third kappa shape index (κ3) is 2.28. The molecule has 1 spiro atoms. The molecule has 0 aliphatic carbocycles. The Kier molecular flexibility index (Phi) is 3.63. The fourth-order valence-electron chi connectivity index (χ4n) is 2.27. The summed E-state index contributed by atoms with van der Waals surface area (Å²) in [6, 6.07) is -0.273. The molecule has 2 aliphatic heterocycles. The minimum absolute atomic E-state index is 0.0977. The van der Waals surface area contributed by atoms with Crippen molar-refractivity contribution in [3.8, 4) is 0 Å². The lowest BCUT2D eigenvalue weighted by Crippen LogP contribution is -2.51. The highest BCUT2D eigenvalue weighted by atomic mass is 32.1. The van der Waals surface area contributed by atoms with Gasteiger partial charge in [0.2, 0.25) is 0 Å². The molecule has 0 aromatic carbocycles. The van der Waals surface area contributed by atoms with Crippen LogP contribution < -0.4 is 5.32 Å². The summed E-state index contributed by atoms with van der Waals surface area (Å²) in [5.74, 6) is 0.773. The van der Waals surface area contributed by atoms with E-state index in [1.165, 1.54) is 4.90 Å². The predicted molar refractivity (Wildman–Crippen MR) is 66.0 cm³/mol. The van der Waals surface area contributed by atoms with Crippen LogP contribution in [0.3, 0.4) is 0 Å². The third-order valence-corrected chi connectivity index (χ3v) is 4.02. The fourth-order valence-corrected chi connectivity index (χ4v) is 2.39. The van der Waals surface area contributed by atoms with Gasteiger partial charge in [-0.3, -0.25) is 9.69 Å². The van der Waals surface area contributed by atoms with Gasteiger partial charge in [0.05, 0.1) is 0 Å². The van der Waals surface area contributed by atoms with Crippen LogP contribution in [0.25, 0.3) is 0 Å². The van der Waals surface area contributed by atoms with Crippen molar-refractivity contribution in [2.24, 2.45) is 5.92 Å². The maximum Gasteiger partial charge on any atom is 0.325 e. The number of carbonyl (C=O) groups excluding carboxylic acids is 2. The molecular weight excluding hydrogens is 240 g/mol. The molecule has 6 heteroatoms. The van der Waals surface area contributed by atoms with Crippen molar-refractivity contribution < 1.29 is 14.3 Å². The summed E-state index contributed by atoms with van der Waals surface area (Å²) in [5.41, 5.74) is -0.703. The predicted octanol–water partition coefficient (Wildman–Crippen LogP) is 0.653. The van der Waals surface area contributed by atoms with Crippen molar-refractivity contribution in [3.63, 3.8) is 0 Å². The highest BCUT2D eigenvalue weighted by molar-refractivity contribution is 7.80. The number of ether oxygens (including phenoxy) is 1. The molecule has 0 aromatic rings. The first-order chi connectivity index (χ1) is 8.09. The fraction of sp³-hybridized carbons (Fsp3) is 0.818. The Morgan fingerprint density at radius 3 is 2.71 bits per heavy atom. The lowest BCUT2D eigenvalue weighted by molar-refractivity contribution is -0.134. The molecule has 17 heavy (non-hydrogen) atoms. The first-order valence-corrected chi connectivity index (χ1v) is 6.55. The van der Waals surface area contributed by atoms with Crippen LogP contribution in [0, 0.1) is 5.92 Å². The molecule has 1 unspecified atom stereocenters. The van der Waals surface area contributed by atoms with Gasteiger partial charge in [-0.1, -0.05) is 6.92 Å². The molecule has 0 aromatic heterocycles. The van der Waals surface area contributed by atoms with E-state index >= 15 is 0 Å². The highest BCUT2D eigenvalue weighted by Gasteiger charge is 2.51. The first-order valence-electron chi connectivity index (χ1n) is 5.92. The van der Waals surface area contributed by atoms with Crippen LogP contribution in [0.4, 0.5) is 4.79 Å². The van der Waals surface area contributed by atoms with Gasteiger partial charge < -0.3 is 10.1 Å². The van der Waals surface area contributed by atoms with Gasteiger partial charge in [-0.15, -0.1) is 0 Å². The standard InChI is InChI=1S/C11H18N2O3S/c1-8(7-17)6-13-9(14)11(12-10(13)15)2-4-16-5-3-11/h8,17H,2-7H2,1H3,(H,12,15). The van der Waals surface area contributed by atoms with Gasteiger partial charge in [0.25, 0.3) is 5.91 Å². The van der Waals surface area contributed by atoms with Crippen LogP contribution in [-0.2, 0) is 9.53 Å². The molecule has 0 bridgehead atoms. The number of imide groups is 1. The Morgan fingerprint density at radius 1 is 1.47 bits per heavy atom. The SMILES string of the molecule is CC(CS)CN1C(=O)NC2(CCOCC2)C1=O. The average molecular weight is 258 g/mol. The number of carbonyl (C=O) groups is 2. The van der Waals surface area contributed by atoms with Crippen LogP contribution in [0.2, 0.25) is 0 Å². The molecule has 2 fully saturated rings. The van der Waals surface area contributed by atoms with Gasteiger partial charge in [0, 0.05) is 32.6 Å². The maximum atomic E-state index is 12.3. The molecule has 2 rings (SSSR count). The lowest BCUT2D eigenvalue weighted by Gasteiger charge is -2.30. The second-order valence-corrected chi connectivity index (χ2v) is 5.19. The van der Waals surface area contributed by atoms with E-state index in [1.54, 1.807) is 0 Å². The molecule has 0 radical (unpaired) electrons. The monoisotopic (exact) mass is 258 g/mol. The van der Waals surface area contributed by atoms with Gasteiger partial charge in [-0.2, -0.15) is 12.6 Å². The van der Waals surface area contributed by atoms with E-state index in [2.05, 4.69) is 17.9 Å². The molecule has 0 saturated carbocycles. The molecule has 2 saturated heterocycles. The number of rotatable bonds is 3. The quantitative estimate of drug-likeness (QED) is 0.577. The zero-order chi connectivity index (χ0) is 12.5. The number of nitrogens with one attached hydrogen (secondary N) is 1. The lowest BCUT2D eigenvalue weighted by atomic mass is 9.90. The summed E-state index contributed by atoms with van der Waals surface area (Å²) in [4.78, 5) is 25.5. The first kappa shape index (κ1) is 12.7. The van der Waals surface area contributed by atoms with E-state index in [1.807, 2.05) is 6.92 Å². The summed E-state index contributed by atoms with van der Waals surface area (Å²) in [7, 11) is 0. The van der Waals surface area contributed by atoms with Crippen LogP contribution in [0.5, 0.6) is 0 Å². The normalized spacial score (nSPS) is 25.2. The molecule has 2 heterocycles. The molecule has 5 nitrogen and oxygen atoms in total. The minimum atomic E-state index is -0.703. The number of nitrogens with zero attached hydrogens (tertiary/aromatic N) is 1. The Labute approximate surface area is 106 Å². The molecule has 1 N–H and O–H groups in total. The second-order valence-electron chi connectivity index (χ2n) is 4.83. The van der Waals surface area contributed by atoms with Crippen LogP contribution >= 0.6 is 12.6 Å². The van der Waals surface area contributed by atoms with E-state index in [4.69, 9.17) is 4.74 Å². The van der Waals surface area contributed by atoms with Crippen molar-refractivity contribution in [1.29, 1.82) is 0 Å². The van der Waals surface area contributed by atoms with Crippen molar-refractivity contribution in [1.82, 2.24) is 10.2 Å². The van der Waals surface area contributed by atoms with Crippen LogP contribution in [0.1, 0.15) is 19.8 Å². The Morgan fingerprint density at radius 2 is 2.12 bits per heavy atom. The second kappa shape index (κ2) is 4.86. The zero-order valence-corrected chi connectivity index (χ0v) is 10.8. The summed E-state index contributed by atoms with van der Waals surface area (Å²) in [6.07, 6.45) is 1.15. The van der Waals surface area contributed by atoms with E-state index < -0.39 is 5.54 Å². The molecular formula is C11H18N2O3S. The number of hydrogen-bond acceptors (Lipinski definition) is 4. The summed E-state index contributed by atoms with van der Waals surface area (Å²) in [5, 5.41) is 2.83. The van der Waals surface area contributed by atoms with Crippen molar-refractivity contribution in [2.75, 3.05) is 25.5 Å². The Hall–Kier alpha value is -0.750. The van der Waals surface area contributed by atoms with E-state index in [9.17, 15) is 9.59 Å². The highest BCUT2D eigenvalue weighted by Crippen LogP contribution is 2.28. The number of thiol groups is 1. The van der Waals surface area contributed by atoms with Crippen molar-refractivity contribution in [3.05, 3.63) is 0 Å². The third-order valence-electron chi connectivity index (χ3n) is 3.40. The largest absolute Gasteiger partial charge is 0.381 e. The molecule has 3 amide bonds. The van der Waals surface area contributed by atoms with Crippen molar-refractivity contribution in [2.45, 2.75) is 25.3 Å². The summed E-state index contributed by atoms with van der Waals surface area (Å²) < 4.78 is 5.24.